The van der Waals surface area contributed by atoms with E-state index in [2.05, 4.69) is 16.4 Å². The van der Waals surface area contributed by atoms with Crippen LogP contribution in [0.3, 0.4) is 0 Å². The first-order valence-electron chi connectivity index (χ1n) is 2.71. The Hall–Kier alpha value is -0.120. The fourth-order valence-electron chi connectivity index (χ4n) is 0.614. The zero-order chi connectivity index (χ0) is 4.95. The number of hydrogen-bond acceptors (Lipinski definition) is 3. The quantitative estimate of drug-likeness (QED) is 0.380. The Morgan fingerprint density at radius 2 is 1.43 bits per heavy atom. The fraction of sp³-hybridized carbons (Fsp3) is 1.00. The Balaban J connectivity index is 2.04. The molecule has 1 saturated heterocycles. The molecule has 3 heteroatoms. The van der Waals surface area contributed by atoms with Gasteiger partial charge in [-0.15, -0.1) is 0 Å². The Bertz CT molecular complexity index is 26.5. The van der Waals surface area contributed by atoms with Crippen LogP contribution in [0.25, 0.3) is 0 Å². The number of hydrazine groups is 2. The van der Waals surface area contributed by atoms with Crippen LogP contribution in [0, 0.1) is 0 Å². The van der Waals surface area contributed by atoms with Crippen LogP contribution >= 0.6 is 0 Å². The van der Waals surface area contributed by atoms with E-state index in [4.69, 9.17) is 0 Å². The predicted octanol–water partition coefficient (Wildman–Crippen LogP) is -0.621. The molecule has 1 aliphatic heterocycles. The van der Waals surface area contributed by atoms with Crippen molar-refractivity contribution >= 4 is 0 Å². The summed E-state index contributed by atoms with van der Waals surface area (Å²) in [6, 6.07) is 0. The summed E-state index contributed by atoms with van der Waals surface area (Å²) in [4.78, 5) is 0. The third-order valence-electron chi connectivity index (χ3n) is 1.03. The van der Waals surface area contributed by atoms with Crippen molar-refractivity contribution in [2.75, 3.05) is 13.1 Å². The molecule has 7 heavy (non-hydrogen) atoms. The van der Waals surface area contributed by atoms with E-state index < -0.39 is 0 Å². The van der Waals surface area contributed by atoms with E-state index in [1.807, 2.05) is 0 Å². The molecule has 0 aromatic rings. The molecule has 0 saturated carbocycles. The second-order valence-electron chi connectivity index (χ2n) is 1.69. The molecule has 0 aromatic heterocycles. The van der Waals surface area contributed by atoms with Gasteiger partial charge in [-0.25, -0.2) is 10.9 Å². The largest absolute Gasteiger partial charge is 0.244 e. The Morgan fingerprint density at radius 1 is 0.857 bits per heavy atom. The number of nitrogens with one attached hydrogen (secondary N) is 3. The maximum Gasteiger partial charge on any atom is 0.0113 e. The Morgan fingerprint density at radius 3 is 2.00 bits per heavy atom. The first-order chi connectivity index (χ1) is 3.50. The molecule has 0 aromatic carbocycles. The first-order valence-corrected chi connectivity index (χ1v) is 2.71. The number of rotatable bonds is 0. The van der Waals surface area contributed by atoms with Crippen LogP contribution in [-0.2, 0) is 0 Å². The fourth-order valence-corrected chi connectivity index (χ4v) is 0.614. The maximum atomic E-state index is 2.99. The smallest absolute Gasteiger partial charge is 0.0113 e. The van der Waals surface area contributed by atoms with Crippen molar-refractivity contribution in [1.82, 2.24) is 16.4 Å². The molecule has 0 bridgehead atoms. The maximum absolute atomic E-state index is 2.99. The van der Waals surface area contributed by atoms with E-state index in [-0.39, 0.29) is 0 Å². The lowest BCUT2D eigenvalue weighted by Crippen LogP contribution is -2.41. The average Bonchev–Trinajstić information content (AvgIpc) is 1.90. The SMILES string of the molecule is C1CCNNNC1. The minimum atomic E-state index is 1.08. The normalized spacial score (nSPS) is 24.0. The average molecular weight is 101 g/mol. The van der Waals surface area contributed by atoms with Crippen LogP contribution in [0.5, 0.6) is 0 Å². The molecular formula is C4H11N3. The van der Waals surface area contributed by atoms with Gasteiger partial charge in [0.1, 0.15) is 0 Å². The van der Waals surface area contributed by atoms with E-state index in [9.17, 15) is 0 Å². The van der Waals surface area contributed by atoms with Gasteiger partial charge in [0.25, 0.3) is 0 Å². The molecule has 0 amide bonds. The van der Waals surface area contributed by atoms with E-state index in [1.54, 1.807) is 0 Å². The van der Waals surface area contributed by atoms with Gasteiger partial charge in [0.05, 0.1) is 0 Å². The third-order valence-corrected chi connectivity index (χ3v) is 1.03. The monoisotopic (exact) mass is 101 g/mol. The zero-order valence-electron chi connectivity index (χ0n) is 4.33. The molecule has 3 nitrogen and oxygen atoms in total. The Labute approximate surface area is 43.4 Å². The van der Waals surface area contributed by atoms with Crippen LogP contribution in [0.15, 0.2) is 0 Å². The molecule has 1 aliphatic rings. The molecular weight excluding hydrogens is 90.1 g/mol. The summed E-state index contributed by atoms with van der Waals surface area (Å²) < 4.78 is 0. The highest BCUT2D eigenvalue weighted by Gasteiger charge is 1.91. The summed E-state index contributed by atoms with van der Waals surface area (Å²) >= 11 is 0. The standard InChI is InChI=1S/C4H11N3/c1-2-4-6-7-5-3-1/h5-7H,1-4H2. The molecule has 42 valence electrons. The lowest BCUT2D eigenvalue weighted by molar-refractivity contribution is 0.479. The van der Waals surface area contributed by atoms with Gasteiger partial charge in [-0.1, -0.05) is 0 Å². The van der Waals surface area contributed by atoms with Crippen LogP contribution < -0.4 is 16.4 Å². The summed E-state index contributed by atoms with van der Waals surface area (Å²) in [5, 5.41) is 0. The van der Waals surface area contributed by atoms with Crippen molar-refractivity contribution < 1.29 is 0 Å². The summed E-state index contributed by atoms with van der Waals surface area (Å²) in [5.41, 5.74) is 8.82. The molecule has 1 heterocycles. The van der Waals surface area contributed by atoms with Crippen molar-refractivity contribution in [3.05, 3.63) is 0 Å². The molecule has 0 unspecified atom stereocenters. The predicted molar refractivity (Wildman–Crippen MR) is 28.4 cm³/mol. The number of hydrogen-bond donors (Lipinski definition) is 3. The van der Waals surface area contributed by atoms with Crippen LogP contribution in [0.1, 0.15) is 12.8 Å². The molecule has 3 N–H and O–H groups in total. The molecule has 0 atom stereocenters. The van der Waals surface area contributed by atoms with Gasteiger partial charge < -0.3 is 0 Å². The van der Waals surface area contributed by atoms with E-state index in [0.29, 0.717) is 0 Å². The first kappa shape index (κ1) is 5.03. The van der Waals surface area contributed by atoms with Crippen molar-refractivity contribution in [3.63, 3.8) is 0 Å². The molecule has 1 rings (SSSR count). The van der Waals surface area contributed by atoms with Crippen molar-refractivity contribution in [2.24, 2.45) is 0 Å². The van der Waals surface area contributed by atoms with Gasteiger partial charge in [-0.3, -0.25) is 0 Å². The summed E-state index contributed by atoms with van der Waals surface area (Å²) in [6.45, 7) is 2.15. The Kier molecular flexibility index (Phi) is 2.12. The highest BCUT2D eigenvalue weighted by atomic mass is 15.6. The third kappa shape index (κ3) is 1.87. The lowest BCUT2D eigenvalue weighted by atomic mass is 10.3. The van der Waals surface area contributed by atoms with Crippen molar-refractivity contribution in [2.45, 2.75) is 12.8 Å². The summed E-state index contributed by atoms with van der Waals surface area (Å²) in [6.07, 6.45) is 2.53. The lowest BCUT2D eigenvalue weighted by Gasteiger charge is -1.97. The molecule has 0 spiro atoms. The molecule has 0 aliphatic carbocycles. The van der Waals surface area contributed by atoms with Crippen LogP contribution in [0.2, 0.25) is 0 Å². The summed E-state index contributed by atoms with van der Waals surface area (Å²) in [7, 11) is 0. The van der Waals surface area contributed by atoms with Crippen LogP contribution in [-0.4, -0.2) is 13.1 Å². The minimum absolute atomic E-state index is 1.08. The van der Waals surface area contributed by atoms with Gasteiger partial charge in [-0.05, 0) is 12.8 Å². The minimum Gasteiger partial charge on any atom is -0.244 e. The van der Waals surface area contributed by atoms with Crippen molar-refractivity contribution in [1.29, 1.82) is 0 Å². The topological polar surface area (TPSA) is 36.1 Å². The second kappa shape index (κ2) is 2.96. The highest BCUT2D eigenvalue weighted by molar-refractivity contribution is 4.48. The van der Waals surface area contributed by atoms with Crippen LogP contribution in [0.4, 0.5) is 0 Å². The van der Waals surface area contributed by atoms with Gasteiger partial charge in [-0.2, -0.15) is 5.53 Å². The highest BCUT2D eigenvalue weighted by Crippen LogP contribution is 1.83. The van der Waals surface area contributed by atoms with Gasteiger partial charge in [0.15, 0.2) is 0 Å². The van der Waals surface area contributed by atoms with E-state index in [1.165, 1.54) is 12.8 Å². The zero-order valence-corrected chi connectivity index (χ0v) is 4.33. The summed E-state index contributed by atoms with van der Waals surface area (Å²) in [5.74, 6) is 0. The molecule has 1 fully saturated rings. The van der Waals surface area contributed by atoms with Gasteiger partial charge in [0, 0.05) is 13.1 Å². The second-order valence-corrected chi connectivity index (χ2v) is 1.69. The van der Waals surface area contributed by atoms with E-state index in [0.717, 1.165) is 13.1 Å². The van der Waals surface area contributed by atoms with E-state index >= 15 is 0 Å². The van der Waals surface area contributed by atoms with Gasteiger partial charge in [0.2, 0.25) is 0 Å². The van der Waals surface area contributed by atoms with Gasteiger partial charge >= 0.3 is 0 Å². The van der Waals surface area contributed by atoms with Crippen molar-refractivity contribution in [3.8, 4) is 0 Å². The molecule has 0 radical (unpaired) electrons.